The molecule has 2 heterocycles. The first kappa shape index (κ1) is 11.1. The number of urea groups is 1. The van der Waals surface area contributed by atoms with Crippen LogP contribution < -0.4 is 5.32 Å². The highest BCUT2D eigenvalue weighted by atomic mass is 32.1. The fourth-order valence-electron chi connectivity index (χ4n) is 1.58. The zero-order chi connectivity index (χ0) is 11.7. The minimum atomic E-state index is -0.323. The highest BCUT2D eigenvalue weighted by molar-refractivity contribution is 7.09. The predicted molar refractivity (Wildman–Crippen MR) is 60.0 cm³/mol. The largest absolute Gasteiger partial charge is 0.324 e. The summed E-state index contributed by atoms with van der Waals surface area (Å²) in [6.45, 7) is 4.66. The summed E-state index contributed by atoms with van der Waals surface area (Å²) in [6, 6.07) is -0.323. The molecule has 1 atom stereocenters. The smallest absolute Gasteiger partial charge is 0.317 e. The lowest BCUT2D eigenvalue weighted by Gasteiger charge is -2.29. The average Bonchev–Trinajstić information content (AvgIpc) is 2.60. The molecule has 1 unspecified atom stereocenters. The summed E-state index contributed by atoms with van der Waals surface area (Å²) < 4.78 is 0. The molecule has 1 aliphatic rings. The van der Waals surface area contributed by atoms with Crippen LogP contribution in [-0.4, -0.2) is 28.4 Å². The fourth-order valence-corrected chi connectivity index (χ4v) is 2.37. The molecule has 86 valence electrons. The summed E-state index contributed by atoms with van der Waals surface area (Å²) in [7, 11) is 0. The van der Waals surface area contributed by atoms with Crippen LogP contribution in [0.3, 0.4) is 0 Å². The maximum Gasteiger partial charge on any atom is 0.324 e. The molecule has 0 saturated carbocycles. The quantitative estimate of drug-likeness (QED) is 0.841. The Labute approximate surface area is 97.5 Å². The SMILES string of the molecule is Cc1csc(CN2CC(C)C(=O)NC2=O)n1. The average molecular weight is 239 g/mol. The second-order valence-electron chi connectivity index (χ2n) is 3.96. The number of nitrogens with zero attached hydrogens (tertiary/aromatic N) is 2. The number of hydrogen-bond donors (Lipinski definition) is 1. The molecule has 2 rings (SSSR count). The molecule has 0 radical (unpaired) electrons. The number of carbonyl (C=O) groups excluding carboxylic acids is 2. The van der Waals surface area contributed by atoms with E-state index in [0.29, 0.717) is 13.1 Å². The number of carbonyl (C=O) groups is 2. The van der Waals surface area contributed by atoms with E-state index in [1.54, 1.807) is 4.90 Å². The molecule has 0 aliphatic carbocycles. The number of thiazole rings is 1. The van der Waals surface area contributed by atoms with Crippen LogP contribution in [0.25, 0.3) is 0 Å². The fraction of sp³-hybridized carbons (Fsp3) is 0.500. The third kappa shape index (κ3) is 2.21. The molecule has 6 heteroatoms. The number of imide groups is 1. The van der Waals surface area contributed by atoms with Crippen LogP contribution in [0.1, 0.15) is 17.6 Å². The predicted octanol–water partition coefficient (Wildman–Crippen LogP) is 1.14. The minimum Gasteiger partial charge on any atom is -0.317 e. The summed E-state index contributed by atoms with van der Waals surface area (Å²) in [6.07, 6.45) is 0. The lowest BCUT2D eigenvalue weighted by atomic mass is 10.1. The van der Waals surface area contributed by atoms with Gasteiger partial charge in [0.1, 0.15) is 5.01 Å². The zero-order valence-corrected chi connectivity index (χ0v) is 10.0. The van der Waals surface area contributed by atoms with E-state index in [2.05, 4.69) is 10.3 Å². The topological polar surface area (TPSA) is 62.3 Å². The van der Waals surface area contributed by atoms with Gasteiger partial charge in [0.15, 0.2) is 0 Å². The number of nitrogens with one attached hydrogen (secondary N) is 1. The van der Waals surface area contributed by atoms with Crippen LogP contribution in [0.5, 0.6) is 0 Å². The van der Waals surface area contributed by atoms with Crippen LogP contribution in [0.15, 0.2) is 5.38 Å². The molecule has 5 nitrogen and oxygen atoms in total. The van der Waals surface area contributed by atoms with Crippen molar-refractivity contribution in [2.24, 2.45) is 5.92 Å². The zero-order valence-electron chi connectivity index (χ0n) is 9.19. The molecule has 1 aromatic heterocycles. The molecule has 1 aromatic rings. The molecular weight excluding hydrogens is 226 g/mol. The second-order valence-corrected chi connectivity index (χ2v) is 4.90. The van der Waals surface area contributed by atoms with Crippen LogP contribution in [-0.2, 0) is 11.3 Å². The van der Waals surface area contributed by atoms with Crippen molar-refractivity contribution in [2.75, 3.05) is 6.54 Å². The molecule has 16 heavy (non-hydrogen) atoms. The molecule has 0 spiro atoms. The third-order valence-corrected chi connectivity index (χ3v) is 3.40. The lowest BCUT2D eigenvalue weighted by molar-refractivity contribution is -0.125. The van der Waals surface area contributed by atoms with Crippen molar-refractivity contribution in [3.05, 3.63) is 16.1 Å². The Hall–Kier alpha value is -1.43. The Morgan fingerprint density at radius 3 is 3.00 bits per heavy atom. The lowest BCUT2D eigenvalue weighted by Crippen LogP contribution is -2.53. The van der Waals surface area contributed by atoms with Crippen molar-refractivity contribution in [3.8, 4) is 0 Å². The highest BCUT2D eigenvalue weighted by Gasteiger charge is 2.29. The van der Waals surface area contributed by atoms with E-state index < -0.39 is 0 Å². The van der Waals surface area contributed by atoms with Gasteiger partial charge in [-0.25, -0.2) is 9.78 Å². The Morgan fingerprint density at radius 1 is 1.62 bits per heavy atom. The van der Waals surface area contributed by atoms with E-state index in [1.165, 1.54) is 11.3 Å². The molecule has 0 aromatic carbocycles. The number of amides is 3. The van der Waals surface area contributed by atoms with E-state index in [4.69, 9.17) is 0 Å². The first-order valence-corrected chi connectivity index (χ1v) is 5.95. The van der Waals surface area contributed by atoms with Crippen molar-refractivity contribution < 1.29 is 9.59 Å². The van der Waals surface area contributed by atoms with E-state index in [9.17, 15) is 9.59 Å². The van der Waals surface area contributed by atoms with E-state index in [-0.39, 0.29) is 17.9 Å². The first-order valence-electron chi connectivity index (χ1n) is 5.07. The van der Waals surface area contributed by atoms with Gasteiger partial charge in [0.05, 0.1) is 12.5 Å². The van der Waals surface area contributed by atoms with Crippen LogP contribution in [0.2, 0.25) is 0 Å². The Balaban J connectivity index is 2.04. The van der Waals surface area contributed by atoms with E-state index in [1.807, 2.05) is 19.2 Å². The molecule has 1 fully saturated rings. The summed E-state index contributed by atoms with van der Waals surface area (Å²) in [5.74, 6) is -0.352. The normalized spacial score (nSPS) is 21.1. The Kier molecular flexibility index (Phi) is 2.91. The van der Waals surface area contributed by atoms with Gasteiger partial charge in [-0.15, -0.1) is 11.3 Å². The van der Waals surface area contributed by atoms with Crippen molar-refractivity contribution >= 4 is 23.3 Å². The van der Waals surface area contributed by atoms with Crippen LogP contribution in [0.4, 0.5) is 4.79 Å². The van der Waals surface area contributed by atoms with Crippen molar-refractivity contribution in [1.82, 2.24) is 15.2 Å². The van der Waals surface area contributed by atoms with Gasteiger partial charge in [-0.3, -0.25) is 10.1 Å². The number of hydrogen-bond acceptors (Lipinski definition) is 4. The molecular formula is C10H13N3O2S. The Bertz CT molecular complexity index is 429. The van der Waals surface area contributed by atoms with Crippen molar-refractivity contribution in [2.45, 2.75) is 20.4 Å². The summed E-state index contributed by atoms with van der Waals surface area (Å²) >= 11 is 1.53. The summed E-state index contributed by atoms with van der Waals surface area (Å²) in [5, 5.41) is 5.18. The van der Waals surface area contributed by atoms with Gasteiger partial charge in [0.25, 0.3) is 0 Å². The van der Waals surface area contributed by atoms with Crippen LogP contribution >= 0.6 is 11.3 Å². The molecule has 1 N–H and O–H groups in total. The molecule has 0 bridgehead atoms. The standard InChI is InChI=1S/C10H13N3O2S/c1-6-3-13(10(15)12-9(6)14)4-8-11-7(2)5-16-8/h5-6H,3-4H2,1-2H3,(H,12,14,15). The van der Waals surface area contributed by atoms with E-state index in [0.717, 1.165) is 10.7 Å². The molecule has 3 amide bonds. The second kappa shape index (κ2) is 4.21. The van der Waals surface area contributed by atoms with Gasteiger partial charge < -0.3 is 4.90 Å². The van der Waals surface area contributed by atoms with Gasteiger partial charge in [0.2, 0.25) is 5.91 Å². The third-order valence-electron chi connectivity index (χ3n) is 2.45. The van der Waals surface area contributed by atoms with Crippen LogP contribution in [0, 0.1) is 12.8 Å². The summed E-state index contributed by atoms with van der Waals surface area (Å²) in [4.78, 5) is 28.7. The minimum absolute atomic E-state index is 0.154. The van der Waals surface area contributed by atoms with Crippen molar-refractivity contribution in [3.63, 3.8) is 0 Å². The first-order chi connectivity index (χ1) is 7.56. The van der Waals surface area contributed by atoms with Gasteiger partial charge in [0, 0.05) is 17.6 Å². The van der Waals surface area contributed by atoms with E-state index >= 15 is 0 Å². The molecule has 1 saturated heterocycles. The Morgan fingerprint density at radius 2 is 2.38 bits per heavy atom. The number of aromatic nitrogens is 1. The van der Waals surface area contributed by atoms with Gasteiger partial charge in [-0.05, 0) is 6.92 Å². The van der Waals surface area contributed by atoms with Gasteiger partial charge >= 0.3 is 6.03 Å². The van der Waals surface area contributed by atoms with Gasteiger partial charge in [-0.1, -0.05) is 6.92 Å². The highest BCUT2D eigenvalue weighted by Crippen LogP contribution is 2.15. The maximum atomic E-state index is 11.5. The number of aryl methyl sites for hydroxylation is 1. The monoisotopic (exact) mass is 239 g/mol. The summed E-state index contributed by atoms with van der Waals surface area (Å²) in [5.41, 5.74) is 0.960. The van der Waals surface area contributed by atoms with Gasteiger partial charge in [-0.2, -0.15) is 0 Å². The number of rotatable bonds is 2. The van der Waals surface area contributed by atoms with Crippen molar-refractivity contribution in [1.29, 1.82) is 0 Å². The molecule has 1 aliphatic heterocycles. The maximum absolute atomic E-state index is 11.5.